The lowest BCUT2D eigenvalue weighted by Gasteiger charge is -2.04. The summed E-state index contributed by atoms with van der Waals surface area (Å²) >= 11 is 0. The van der Waals surface area contributed by atoms with Gasteiger partial charge < -0.3 is 9.90 Å². The fourth-order valence-corrected chi connectivity index (χ4v) is 1.43. The second-order valence-corrected chi connectivity index (χ2v) is 3.01. The maximum Gasteiger partial charge on any atom is 0.0454 e. The van der Waals surface area contributed by atoms with E-state index < -0.39 is 5.97 Å². The second kappa shape index (κ2) is 4.16. The van der Waals surface area contributed by atoms with Crippen molar-refractivity contribution in [1.29, 1.82) is 0 Å². The highest BCUT2D eigenvalue weighted by atomic mass is 16.4. The Balaban J connectivity index is 2.40. The highest BCUT2D eigenvalue weighted by molar-refractivity contribution is 5.67. The molecular formula is C9H13O2-. The Morgan fingerprint density at radius 3 is 3.00 bits per heavy atom. The van der Waals surface area contributed by atoms with Crippen molar-refractivity contribution in [2.24, 2.45) is 0 Å². The number of hydrogen-bond donors (Lipinski definition) is 0. The van der Waals surface area contributed by atoms with Crippen LogP contribution in [0.1, 0.15) is 38.5 Å². The average molecular weight is 153 g/mol. The molecule has 0 radical (unpaired) electrons. The Bertz CT molecular complexity index is 170. The van der Waals surface area contributed by atoms with E-state index in [1.807, 2.05) is 0 Å². The fraction of sp³-hybridized carbons (Fsp3) is 0.667. The molecule has 0 saturated heterocycles. The van der Waals surface area contributed by atoms with Crippen molar-refractivity contribution >= 4 is 5.97 Å². The quantitative estimate of drug-likeness (QED) is 0.555. The van der Waals surface area contributed by atoms with Crippen LogP contribution in [-0.4, -0.2) is 5.97 Å². The first-order valence-electron chi connectivity index (χ1n) is 4.17. The Labute approximate surface area is 66.9 Å². The Morgan fingerprint density at radius 1 is 1.45 bits per heavy atom. The molecule has 0 spiro atoms. The number of carboxylic acid groups (broad SMARTS) is 1. The van der Waals surface area contributed by atoms with E-state index in [2.05, 4.69) is 6.08 Å². The van der Waals surface area contributed by atoms with Gasteiger partial charge in [0.15, 0.2) is 0 Å². The van der Waals surface area contributed by atoms with E-state index in [9.17, 15) is 9.90 Å². The van der Waals surface area contributed by atoms with Crippen molar-refractivity contribution in [2.45, 2.75) is 38.5 Å². The molecule has 0 atom stereocenters. The molecule has 62 valence electrons. The summed E-state index contributed by atoms with van der Waals surface area (Å²) in [4.78, 5) is 10.2. The molecule has 0 unspecified atom stereocenters. The van der Waals surface area contributed by atoms with E-state index in [0.717, 1.165) is 24.8 Å². The van der Waals surface area contributed by atoms with Crippen LogP contribution in [0.3, 0.4) is 0 Å². The smallest absolute Gasteiger partial charge is 0.0454 e. The number of hydrogen-bond acceptors (Lipinski definition) is 2. The summed E-state index contributed by atoms with van der Waals surface area (Å²) in [5.41, 5.74) is 1.06. The van der Waals surface area contributed by atoms with Gasteiger partial charge in [-0.3, -0.25) is 0 Å². The van der Waals surface area contributed by atoms with Crippen molar-refractivity contribution in [1.82, 2.24) is 0 Å². The summed E-state index contributed by atoms with van der Waals surface area (Å²) in [5.74, 6) is -0.946. The number of allylic oxidation sites excluding steroid dienone is 1. The van der Waals surface area contributed by atoms with E-state index in [1.165, 1.54) is 12.8 Å². The SMILES string of the molecule is O=C([O-])CC1=CCCCCC1. The topological polar surface area (TPSA) is 40.1 Å². The summed E-state index contributed by atoms with van der Waals surface area (Å²) < 4.78 is 0. The predicted molar refractivity (Wildman–Crippen MR) is 40.8 cm³/mol. The highest BCUT2D eigenvalue weighted by Crippen LogP contribution is 2.18. The van der Waals surface area contributed by atoms with E-state index in [-0.39, 0.29) is 6.42 Å². The highest BCUT2D eigenvalue weighted by Gasteiger charge is 2.01. The summed E-state index contributed by atoms with van der Waals surface area (Å²) in [6.45, 7) is 0. The Morgan fingerprint density at radius 2 is 2.27 bits per heavy atom. The predicted octanol–water partition coefficient (Wildman–Crippen LogP) is 1.02. The summed E-state index contributed by atoms with van der Waals surface area (Å²) in [5, 5.41) is 10.2. The van der Waals surface area contributed by atoms with Gasteiger partial charge in [-0.05, 0) is 25.7 Å². The van der Waals surface area contributed by atoms with E-state index in [1.54, 1.807) is 0 Å². The molecule has 2 nitrogen and oxygen atoms in total. The number of aliphatic carboxylic acids is 1. The molecule has 0 N–H and O–H groups in total. The molecule has 0 bridgehead atoms. The van der Waals surface area contributed by atoms with Gasteiger partial charge in [0.2, 0.25) is 0 Å². The monoisotopic (exact) mass is 153 g/mol. The Kier molecular flexibility index (Phi) is 3.14. The van der Waals surface area contributed by atoms with E-state index in [0.29, 0.717) is 0 Å². The summed E-state index contributed by atoms with van der Waals surface area (Å²) in [6.07, 6.45) is 7.77. The van der Waals surface area contributed by atoms with Crippen LogP contribution in [0.4, 0.5) is 0 Å². The fourth-order valence-electron chi connectivity index (χ4n) is 1.43. The van der Waals surface area contributed by atoms with Crippen molar-refractivity contribution < 1.29 is 9.90 Å². The van der Waals surface area contributed by atoms with E-state index >= 15 is 0 Å². The van der Waals surface area contributed by atoms with Crippen LogP contribution in [0.25, 0.3) is 0 Å². The van der Waals surface area contributed by atoms with Crippen molar-refractivity contribution in [3.8, 4) is 0 Å². The first kappa shape index (κ1) is 8.31. The van der Waals surface area contributed by atoms with E-state index in [4.69, 9.17) is 0 Å². The maximum absolute atomic E-state index is 10.2. The van der Waals surface area contributed by atoms with Crippen LogP contribution >= 0.6 is 0 Å². The van der Waals surface area contributed by atoms with Gasteiger partial charge in [0.05, 0.1) is 0 Å². The maximum atomic E-state index is 10.2. The van der Waals surface area contributed by atoms with Crippen molar-refractivity contribution in [3.63, 3.8) is 0 Å². The number of rotatable bonds is 2. The minimum Gasteiger partial charge on any atom is -0.550 e. The third kappa shape index (κ3) is 3.21. The zero-order valence-corrected chi connectivity index (χ0v) is 6.64. The number of carboxylic acids is 1. The first-order chi connectivity index (χ1) is 5.29. The van der Waals surface area contributed by atoms with Crippen LogP contribution < -0.4 is 5.11 Å². The minimum atomic E-state index is -0.946. The molecule has 0 saturated carbocycles. The molecule has 0 aromatic carbocycles. The zero-order chi connectivity index (χ0) is 8.10. The normalized spacial score (nSPS) is 18.7. The molecule has 1 aliphatic rings. The molecule has 0 aromatic heterocycles. The van der Waals surface area contributed by atoms with Crippen LogP contribution in [0.5, 0.6) is 0 Å². The molecule has 0 heterocycles. The van der Waals surface area contributed by atoms with Gasteiger partial charge in [-0.15, -0.1) is 0 Å². The zero-order valence-electron chi connectivity index (χ0n) is 6.64. The van der Waals surface area contributed by atoms with Gasteiger partial charge in [-0.2, -0.15) is 0 Å². The molecule has 2 heteroatoms. The lowest BCUT2D eigenvalue weighted by molar-refractivity contribution is -0.304. The third-order valence-electron chi connectivity index (χ3n) is 2.01. The van der Waals surface area contributed by atoms with Crippen LogP contribution in [-0.2, 0) is 4.79 Å². The van der Waals surface area contributed by atoms with Gasteiger partial charge in [0.25, 0.3) is 0 Å². The Hall–Kier alpha value is -0.790. The van der Waals surface area contributed by atoms with Crippen LogP contribution in [0.2, 0.25) is 0 Å². The molecular weight excluding hydrogens is 140 g/mol. The van der Waals surface area contributed by atoms with Gasteiger partial charge in [-0.25, -0.2) is 0 Å². The molecule has 1 aliphatic carbocycles. The third-order valence-corrected chi connectivity index (χ3v) is 2.01. The average Bonchev–Trinajstić information content (AvgIpc) is 2.14. The van der Waals surface area contributed by atoms with Crippen molar-refractivity contribution in [2.75, 3.05) is 0 Å². The first-order valence-corrected chi connectivity index (χ1v) is 4.17. The summed E-state index contributed by atoms with van der Waals surface area (Å²) in [7, 11) is 0. The lowest BCUT2D eigenvalue weighted by atomic mass is 10.1. The standard InChI is InChI=1S/C9H14O2/c10-9(11)7-8-5-3-1-2-4-6-8/h5H,1-4,6-7H2,(H,10,11)/p-1. The number of carbonyl (C=O) groups is 1. The summed E-state index contributed by atoms with van der Waals surface area (Å²) in [6, 6.07) is 0. The molecule has 0 aliphatic heterocycles. The van der Waals surface area contributed by atoms with Gasteiger partial charge in [0, 0.05) is 12.4 Å². The lowest BCUT2D eigenvalue weighted by Crippen LogP contribution is -2.22. The van der Waals surface area contributed by atoms with Crippen molar-refractivity contribution in [3.05, 3.63) is 11.6 Å². The molecule has 1 rings (SSSR count). The van der Waals surface area contributed by atoms with Gasteiger partial charge >= 0.3 is 0 Å². The largest absolute Gasteiger partial charge is 0.550 e. The van der Waals surface area contributed by atoms with Crippen LogP contribution in [0, 0.1) is 0 Å². The molecule has 0 fully saturated rings. The van der Waals surface area contributed by atoms with Gasteiger partial charge in [0.1, 0.15) is 0 Å². The van der Waals surface area contributed by atoms with Gasteiger partial charge in [-0.1, -0.05) is 18.1 Å². The number of carbonyl (C=O) groups excluding carboxylic acids is 1. The van der Waals surface area contributed by atoms with Crippen LogP contribution in [0.15, 0.2) is 11.6 Å². The molecule has 0 aromatic rings. The molecule has 11 heavy (non-hydrogen) atoms. The second-order valence-electron chi connectivity index (χ2n) is 3.01. The minimum absolute atomic E-state index is 0.139. The molecule has 0 amide bonds.